The van der Waals surface area contributed by atoms with Gasteiger partial charge in [0.25, 0.3) is 0 Å². The van der Waals surface area contributed by atoms with Crippen LogP contribution in [-0.4, -0.2) is 28.4 Å². The lowest BCUT2D eigenvalue weighted by Gasteiger charge is -2.19. The lowest BCUT2D eigenvalue weighted by atomic mass is 9.87. The Bertz CT molecular complexity index is 625. The van der Waals surface area contributed by atoms with Crippen LogP contribution in [-0.2, 0) is 6.42 Å². The summed E-state index contributed by atoms with van der Waals surface area (Å²) in [4.78, 5) is 0. The lowest BCUT2D eigenvalue weighted by Crippen LogP contribution is -2.20. The normalized spacial score (nSPS) is 18.3. The van der Waals surface area contributed by atoms with Crippen molar-refractivity contribution in [2.75, 3.05) is 13.1 Å². The summed E-state index contributed by atoms with van der Waals surface area (Å²) in [5.41, 5.74) is 2.70. The Morgan fingerprint density at radius 1 is 1.00 bits per heavy atom. The quantitative estimate of drug-likeness (QED) is 0.599. The second-order valence-corrected chi connectivity index (χ2v) is 5.08. The summed E-state index contributed by atoms with van der Waals surface area (Å²) >= 11 is 0. The Morgan fingerprint density at radius 3 is 2.50 bits per heavy atom. The van der Waals surface area contributed by atoms with Gasteiger partial charge in [-0.3, -0.25) is 0 Å². The molecular formula is C16H17NO3. The molecule has 2 aromatic carbocycles. The Labute approximate surface area is 117 Å². The van der Waals surface area contributed by atoms with E-state index in [2.05, 4.69) is 5.32 Å². The molecule has 1 aliphatic heterocycles. The zero-order chi connectivity index (χ0) is 14.1. The van der Waals surface area contributed by atoms with Crippen LogP contribution in [0.5, 0.6) is 17.2 Å². The van der Waals surface area contributed by atoms with E-state index in [0.717, 1.165) is 24.2 Å². The number of aromatic hydroxyl groups is 3. The van der Waals surface area contributed by atoms with Crippen LogP contribution in [0.4, 0.5) is 0 Å². The van der Waals surface area contributed by atoms with E-state index in [-0.39, 0.29) is 17.4 Å². The predicted molar refractivity (Wildman–Crippen MR) is 76.3 cm³/mol. The van der Waals surface area contributed by atoms with Gasteiger partial charge in [-0.05, 0) is 30.2 Å². The van der Waals surface area contributed by atoms with Gasteiger partial charge in [-0.2, -0.15) is 0 Å². The van der Waals surface area contributed by atoms with Crippen molar-refractivity contribution in [3.63, 3.8) is 0 Å². The fourth-order valence-electron chi connectivity index (χ4n) is 2.83. The van der Waals surface area contributed by atoms with Crippen LogP contribution in [0.25, 0.3) is 0 Å². The largest absolute Gasteiger partial charge is 0.504 e. The van der Waals surface area contributed by atoms with E-state index in [4.69, 9.17) is 0 Å². The number of hydrogen-bond acceptors (Lipinski definition) is 4. The molecule has 4 nitrogen and oxygen atoms in total. The molecule has 0 radical (unpaired) electrons. The van der Waals surface area contributed by atoms with Crippen molar-refractivity contribution < 1.29 is 15.3 Å². The van der Waals surface area contributed by atoms with Crippen molar-refractivity contribution in [1.29, 1.82) is 0 Å². The van der Waals surface area contributed by atoms with Crippen molar-refractivity contribution >= 4 is 0 Å². The molecule has 3 rings (SSSR count). The molecule has 4 heteroatoms. The molecule has 4 N–H and O–H groups in total. The maximum atomic E-state index is 10.1. The maximum Gasteiger partial charge on any atom is 0.200 e. The summed E-state index contributed by atoms with van der Waals surface area (Å²) in [5.74, 6) is -0.864. The Kier molecular flexibility index (Phi) is 3.24. The molecule has 0 fully saturated rings. The zero-order valence-corrected chi connectivity index (χ0v) is 11.0. The standard InChI is InChI=1S/C16H17NO3/c18-14-8-12-11(15(19)16(14)20)6-7-17-9-13(12)10-4-2-1-3-5-10/h1-5,8,13,17-20H,6-7,9H2/t13-/m1/s1. The number of nitrogens with one attached hydrogen (secondary N) is 1. The molecule has 0 aliphatic carbocycles. The lowest BCUT2D eigenvalue weighted by molar-refractivity contribution is 0.364. The smallest absolute Gasteiger partial charge is 0.200 e. The van der Waals surface area contributed by atoms with Crippen LogP contribution in [0.2, 0.25) is 0 Å². The highest BCUT2D eigenvalue weighted by Gasteiger charge is 2.25. The second-order valence-electron chi connectivity index (χ2n) is 5.08. The third-order valence-electron chi connectivity index (χ3n) is 3.87. The van der Waals surface area contributed by atoms with Gasteiger partial charge in [-0.15, -0.1) is 0 Å². The van der Waals surface area contributed by atoms with Crippen LogP contribution in [0.1, 0.15) is 22.6 Å². The summed E-state index contributed by atoms with van der Waals surface area (Å²) < 4.78 is 0. The molecule has 1 atom stereocenters. The number of rotatable bonds is 1. The van der Waals surface area contributed by atoms with E-state index < -0.39 is 5.75 Å². The van der Waals surface area contributed by atoms with Gasteiger partial charge in [-0.25, -0.2) is 0 Å². The van der Waals surface area contributed by atoms with Gasteiger partial charge in [0.05, 0.1) is 0 Å². The average molecular weight is 271 g/mol. The Balaban J connectivity index is 2.17. The Morgan fingerprint density at radius 2 is 1.75 bits per heavy atom. The van der Waals surface area contributed by atoms with Gasteiger partial charge < -0.3 is 20.6 Å². The Hall–Kier alpha value is -2.20. The monoisotopic (exact) mass is 271 g/mol. The van der Waals surface area contributed by atoms with Crippen molar-refractivity contribution in [2.45, 2.75) is 12.3 Å². The molecule has 1 aliphatic rings. The molecule has 0 bridgehead atoms. The number of hydrogen-bond donors (Lipinski definition) is 4. The molecule has 2 aromatic rings. The van der Waals surface area contributed by atoms with Crippen LogP contribution in [0.15, 0.2) is 36.4 Å². The van der Waals surface area contributed by atoms with E-state index in [1.54, 1.807) is 6.07 Å². The summed E-state index contributed by atoms with van der Waals surface area (Å²) in [5, 5.41) is 32.9. The molecule has 20 heavy (non-hydrogen) atoms. The van der Waals surface area contributed by atoms with Crippen LogP contribution in [0, 0.1) is 0 Å². The number of benzene rings is 2. The van der Waals surface area contributed by atoms with Gasteiger partial charge >= 0.3 is 0 Å². The second kappa shape index (κ2) is 5.06. The molecule has 104 valence electrons. The summed E-state index contributed by atoms with van der Waals surface area (Å²) in [6.45, 7) is 1.47. The van der Waals surface area contributed by atoms with E-state index in [0.29, 0.717) is 12.0 Å². The van der Waals surface area contributed by atoms with Gasteiger partial charge in [-0.1, -0.05) is 30.3 Å². The molecule has 1 heterocycles. The van der Waals surface area contributed by atoms with Gasteiger partial charge in [0.2, 0.25) is 5.75 Å². The number of phenolic OH excluding ortho intramolecular Hbond substituents is 3. The molecule has 0 saturated heterocycles. The maximum absolute atomic E-state index is 10.1. The van der Waals surface area contributed by atoms with E-state index in [1.807, 2.05) is 30.3 Å². The fraction of sp³-hybridized carbons (Fsp3) is 0.250. The predicted octanol–water partition coefficient (Wildman–Crippen LogP) is 2.08. The molecule has 0 amide bonds. The minimum atomic E-state index is -0.433. The first-order valence-electron chi connectivity index (χ1n) is 6.71. The van der Waals surface area contributed by atoms with Gasteiger partial charge in [0.1, 0.15) is 0 Å². The first-order valence-corrected chi connectivity index (χ1v) is 6.71. The van der Waals surface area contributed by atoms with Crippen molar-refractivity contribution in [2.24, 2.45) is 0 Å². The van der Waals surface area contributed by atoms with Crippen LogP contribution >= 0.6 is 0 Å². The molecule has 0 saturated carbocycles. The minimum Gasteiger partial charge on any atom is -0.504 e. The zero-order valence-electron chi connectivity index (χ0n) is 11.0. The minimum absolute atomic E-state index is 0.0473. The average Bonchev–Trinajstić information content (AvgIpc) is 2.68. The van der Waals surface area contributed by atoms with Gasteiger partial charge in [0.15, 0.2) is 11.5 Å². The van der Waals surface area contributed by atoms with E-state index in [1.165, 1.54) is 0 Å². The van der Waals surface area contributed by atoms with Crippen molar-refractivity contribution in [3.05, 3.63) is 53.1 Å². The third kappa shape index (κ3) is 2.08. The molecule has 0 aromatic heterocycles. The summed E-state index contributed by atoms with van der Waals surface area (Å²) in [6.07, 6.45) is 0.623. The fourth-order valence-corrected chi connectivity index (χ4v) is 2.83. The number of phenols is 3. The topological polar surface area (TPSA) is 72.7 Å². The molecule has 0 spiro atoms. The first kappa shape index (κ1) is 12.8. The van der Waals surface area contributed by atoms with Crippen LogP contribution in [0.3, 0.4) is 0 Å². The SMILES string of the molecule is Oc1cc2c(c(O)c1O)CCNC[C@@H]2c1ccccc1. The molecule has 0 unspecified atom stereocenters. The molecular weight excluding hydrogens is 254 g/mol. The first-order chi connectivity index (χ1) is 9.68. The van der Waals surface area contributed by atoms with Crippen LogP contribution < -0.4 is 5.32 Å². The highest BCUT2D eigenvalue weighted by molar-refractivity contribution is 5.59. The highest BCUT2D eigenvalue weighted by Crippen LogP contribution is 2.43. The van der Waals surface area contributed by atoms with E-state index >= 15 is 0 Å². The summed E-state index contributed by atoms with van der Waals surface area (Å²) in [7, 11) is 0. The van der Waals surface area contributed by atoms with E-state index in [9.17, 15) is 15.3 Å². The van der Waals surface area contributed by atoms with Crippen molar-refractivity contribution in [3.8, 4) is 17.2 Å². The summed E-state index contributed by atoms with van der Waals surface area (Å²) in [6, 6.07) is 11.5. The third-order valence-corrected chi connectivity index (χ3v) is 3.87. The number of fused-ring (bicyclic) bond motifs is 1. The van der Waals surface area contributed by atoms with Crippen molar-refractivity contribution in [1.82, 2.24) is 5.32 Å². The van der Waals surface area contributed by atoms with Gasteiger partial charge in [0, 0.05) is 18.0 Å². The highest BCUT2D eigenvalue weighted by atomic mass is 16.3.